The highest BCUT2D eigenvalue weighted by atomic mass is 16.5. The lowest BCUT2D eigenvalue weighted by Crippen LogP contribution is -2.36. The van der Waals surface area contributed by atoms with Crippen molar-refractivity contribution in [2.45, 2.75) is 13.3 Å². The highest BCUT2D eigenvalue weighted by Crippen LogP contribution is 2.23. The molecule has 0 radical (unpaired) electrons. The van der Waals surface area contributed by atoms with Crippen LogP contribution in [0.2, 0.25) is 0 Å². The summed E-state index contributed by atoms with van der Waals surface area (Å²) < 4.78 is 5.34. The summed E-state index contributed by atoms with van der Waals surface area (Å²) in [6.07, 6.45) is 0.481. The van der Waals surface area contributed by atoms with E-state index in [1.54, 1.807) is 0 Å². The molecule has 1 heterocycles. The van der Waals surface area contributed by atoms with Gasteiger partial charge in [-0.3, -0.25) is 0 Å². The van der Waals surface area contributed by atoms with Gasteiger partial charge in [0.1, 0.15) is 0 Å². The molecule has 0 saturated carbocycles. The normalized spacial score (nSPS) is 15.9. The largest absolute Gasteiger partial charge is 0.378 e. The minimum absolute atomic E-state index is 0.481. The Bertz CT molecular complexity index is 403. The van der Waals surface area contributed by atoms with Gasteiger partial charge in [0.05, 0.1) is 25.7 Å². The van der Waals surface area contributed by atoms with Crippen LogP contribution >= 0.6 is 0 Å². The van der Waals surface area contributed by atoms with Crippen molar-refractivity contribution < 1.29 is 4.74 Å². The number of hydrogen-bond acceptors (Lipinski definition) is 3. The van der Waals surface area contributed by atoms with Crippen LogP contribution < -0.4 is 4.90 Å². The van der Waals surface area contributed by atoms with Gasteiger partial charge in [0.2, 0.25) is 0 Å². The highest BCUT2D eigenvalue weighted by molar-refractivity contribution is 5.56. The summed E-state index contributed by atoms with van der Waals surface area (Å²) in [5.74, 6) is 0. The molecule has 1 aromatic rings. The number of aryl methyl sites for hydroxylation is 1. The molecule has 1 aliphatic heterocycles. The average molecular weight is 216 g/mol. The molecule has 0 N–H and O–H groups in total. The number of anilines is 1. The zero-order valence-corrected chi connectivity index (χ0v) is 9.57. The SMILES string of the molecule is Cc1ccc(N2CCOCC2)c(CC#N)c1. The first-order valence-electron chi connectivity index (χ1n) is 5.60. The molecule has 0 atom stereocenters. The molecule has 0 spiro atoms. The maximum atomic E-state index is 8.84. The van der Waals surface area contributed by atoms with Crippen LogP contribution in [0.25, 0.3) is 0 Å². The van der Waals surface area contributed by atoms with Gasteiger partial charge in [-0.05, 0) is 18.6 Å². The molecule has 1 fully saturated rings. The van der Waals surface area contributed by atoms with Crippen LogP contribution in [0.3, 0.4) is 0 Å². The van der Waals surface area contributed by atoms with E-state index in [2.05, 4.69) is 36.1 Å². The average Bonchev–Trinajstić information content (AvgIpc) is 2.31. The second-order valence-corrected chi connectivity index (χ2v) is 4.07. The van der Waals surface area contributed by atoms with Gasteiger partial charge < -0.3 is 9.64 Å². The van der Waals surface area contributed by atoms with Crippen LogP contribution in [0.4, 0.5) is 5.69 Å². The fourth-order valence-electron chi connectivity index (χ4n) is 2.05. The molecule has 2 rings (SSSR count). The van der Waals surface area contributed by atoms with Crippen molar-refractivity contribution in [2.75, 3.05) is 31.2 Å². The third kappa shape index (κ3) is 2.34. The Kier molecular flexibility index (Phi) is 3.43. The minimum atomic E-state index is 0.481. The van der Waals surface area contributed by atoms with Gasteiger partial charge in [-0.2, -0.15) is 5.26 Å². The predicted octanol–water partition coefficient (Wildman–Crippen LogP) is 1.90. The van der Waals surface area contributed by atoms with Crippen molar-refractivity contribution in [3.05, 3.63) is 29.3 Å². The summed E-state index contributed by atoms with van der Waals surface area (Å²) in [4.78, 5) is 2.30. The summed E-state index contributed by atoms with van der Waals surface area (Å²) in [5, 5.41) is 8.84. The quantitative estimate of drug-likeness (QED) is 0.757. The zero-order chi connectivity index (χ0) is 11.4. The van der Waals surface area contributed by atoms with Gasteiger partial charge in [0.15, 0.2) is 0 Å². The number of benzene rings is 1. The van der Waals surface area contributed by atoms with E-state index in [0.717, 1.165) is 31.9 Å². The summed E-state index contributed by atoms with van der Waals surface area (Å²) in [6.45, 7) is 5.45. The first-order chi connectivity index (χ1) is 7.81. The van der Waals surface area contributed by atoms with Gasteiger partial charge in [0.25, 0.3) is 0 Å². The van der Waals surface area contributed by atoms with E-state index in [-0.39, 0.29) is 0 Å². The lowest BCUT2D eigenvalue weighted by Gasteiger charge is -2.30. The molecule has 0 aromatic heterocycles. The summed E-state index contributed by atoms with van der Waals surface area (Å²) in [6, 6.07) is 8.56. The fraction of sp³-hybridized carbons (Fsp3) is 0.462. The fourth-order valence-corrected chi connectivity index (χ4v) is 2.05. The molecular weight excluding hydrogens is 200 g/mol. The molecule has 1 aliphatic rings. The first kappa shape index (κ1) is 11.0. The molecule has 0 amide bonds. The van der Waals surface area contributed by atoms with E-state index in [1.807, 2.05) is 0 Å². The van der Waals surface area contributed by atoms with Crippen LogP contribution in [-0.2, 0) is 11.2 Å². The first-order valence-corrected chi connectivity index (χ1v) is 5.60. The van der Waals surface area contributed by atoms with Gasteiger partial charge in [-0.25, -0.2) is 0 Å². The van der Waals surface area contributed by atoms with E-state index < -0.39 is 0 Å². The zero-order valence-electron chi connectivity index (χ0n) is 9.57. The summed E-state index contributed by atoms with van der Waals surface area (Å²) >= 11 is 0. The van der Waals surface area contributed by atoms with Crippen molar-refractivity contribution in [3.63, 3.8) is 0 Å². The van der Waals surface area contributed by atoms with Crippen molar-refractivity contribution in [3.8, 4) is 6.07 Å². The maximum Gasteiger partial charge on any atom is 0.0670 e. The lowest BCUT2D eigenvalue weighted by molar-refractivity contribution is 0.122. The van der Waals surface area contributed by atoms with Crippen LogP contribution in [0.15, 0.2) is 18.2 Å². The third-order valence-corrected chi connectivity index (χ3v) is 2.86. The molecule has 84 valence electrons. The molecule has 1 aromatic carbocycles. The molecule has 1 saturated heterocycles. The summed E-state index contributed by atoms with van der Waals surface area (Å²) in [5.41, 5.74) is 3.53. The monoisotopic (exact) mass is 216 g/mol. The van der Waals surface area contributed by atoms with E-state index in [9.17, 15) is 0 Å². The third-order valence-electron chi connectivity index (χ3n) is 2.86. The van der Waals surface area contributed by atoms with Crippen LogP contribution in [0.1, 0.15) is 11.1 Å². The topological polar surface area (TPSA) is 36.3 Å². The molecule has 3 heteroatoms. The van der Waals surface area contributed by atoms with Crippen LogP contribution in [-0.4, -0.2) is 26.3 Å². The summed E-state index contributed by atoms with van der Waals surface area (Å²) in [7, 11) is 0. The van der Waals surface area contributed by atoms with E-state index in [0.29, 0.717) is 6.42 Å². The van der Waals surface area contributed by atoms with Crippen molar-refractivity contribution in [1.29, 1.82) is 5.26 Å². The maximum absolute atomic E-state index is 8.84. The second kappa shape index (κ2) is 5.00. The smallest absolute Gasteiger partial charge is 0.0670 e. The number of nitriles is 1. The van der Waals surface area contributed by atoms with Gasteiger partial charge >= 0.3 is 0 Å². The van der Waals surface area contributed by atoms with Crippen molar-refractivity contribution in [2.24, 2.45) is 0 Å². The second-order valence-electron chi connectivity index (χ2n) is 4.07. The molecular formula is C13H16N2O. The van der Waals surface area contributed by atoms with Crippen molar-refractivity contribution >= 4 is 5.69 Å². The lowest BCUT2D eigenvalue weighted by atomic mass is 10.1. The number of hydrogen-bond donors (Lipinski definition) is 0. The van der Waals surface area contributed by atoms with Gasteiger partial charge in [-0.15, -0.1) is 0 Å². The molecule has 16 heavy (non-hydrogen) atoms. The van der Waals surface area contributed by atoms with Crippen molar-refractivity contribution in [1.82, 2.24) is 0 Å². The number of ether oxygens (including phenoxy) is 1. The Labute approximate surface area is 96.2 Å². The van der Waals surface area contributed by atoms with Crippen LogP contribution in [0, 0.1) is 18.3 Å². The number of nitrogens with zero attached hydrogens (tertiary/aromatic N) is 2. The molecule has 0 aliphatic carbocycles. The van der Waals surface area contributed by atoms with E-state index >= 15 is 0 Å². The minimum Gasteiger partial charge on any atom is -0.378 e. The Morgan fingerprint density at radius 2 is 2.12 bits per heavy atom. The Morgan fingerprint density at radius 1 is 1.38 bits per heavy atom. The van der Waals surface area contributed by atoms with E-state index in [4.69, 9.17) is 10.00 Å². The highest BCUT2D eigenvalue weighted by Gasteiger charge is 2.14. The molecule has 0 bridgehead atoms. The Hall–Kier alpha value is -1.53. The Balaban J connectivity index is 2.27. The Morgan fingerprint density at radius 3 is 2.81 bits per heavy atom. The molecule has 0 unspecified atom stereocenters. The van der Waals surface area contributed by atoms with Gasteiger partial charge in [-0.1, -0.05) is 17.7 Å². The predicted molar refractivity (Wildman–Crippen MR) is 63.5 cm³/mol. The standard InChI is InChI=1S/C13H16N2O/c1-11-2-3-13(12(10-11)4-5-14)15-6-8-16-9-7-15/h2-3,10H,4,6-9H2,1H3. The van der Waals surface area contributed by atoms with Gasteiger partial charge in [0, 0.05) is 18.8 Å². The number of morpholine rings is 1. The van der Waals surface area contributed by atoms with E-state index in [1.165, 1.54) is 11.3 Å². The number of rotatable bonds is 2. The van der Waals surface area contributed by atoms with Crippen LogP contribution in [0.5, 0.6) is 0 Å². The molecule has 3 nitrogen and oxygen atoms in total.